The molecule has 0 radical (unpaired) electrons. The highest BCUT2D eigenvalue weighted by Gasteiger charge is 2.09. The molecule has 0 amide bonds. The van der Waals surface area contributed by atoms with Gasteiger partial charge in [0, 0.05) is 30.4 Å². The Hall–Kier alpha value is -1.15. The standard InChI is InChI=1S/C15H23BrFN3O2S/c1-11(7-9-23(3,21)22)20-15(18-2)19-8-6-12-10-13(16)4-5-14(12)17/h4-5,10-11H,6-9H2,1-3H3,(H2,18,19,20). The molecule has 0 heterocycles. The fourth-order valence-corrected chi connectivity index (χ4v) is 3.13. The van der Waals surface area contributed by atoms with Crippen LogP contribution in [-0.2, 0) is 16.3 Å². The topological polar surface area (TPSA) is 70.6 Å². The highest BCUT2D eigenvalue weighted by atomic mass is 79.9. The Kier molecular flexibility index (Phi) is 7.98. The lowest BCUT2D eigenvalue weighted by atomic mass is 10.1. The van der Waals surface area contributed by atoms with Crippen LogP contribution in [-0.4, -0.2) is 46.0 Å². The lowest BCUT2D eigenvalue weighted by molar-refractivity contribution is 0.580. The molecule has 1 rings (SSSR count). The molecule has 1 aromatic rings. The lowest BCUT2D eigenvalue weighted by Gasteiger charge is -2.17. The van der Waals surface area contributed by atoms with Crippen molar-refractivity contribution in [2.45, 2.75) is 25.8 Å². The van der Waals surface area contributed by atoms with Crippen LogP contribution in [0.5, 0.6) is 0 Å². The highest BCUT2D eigenvalue weighted by molar-refractivity contribution is 9.10. The number of nitrogens with one attached hydrogen (secondary N) is 2. The number of aliphatic imine (C=N–C) groups is 1. The molecule has 0 aromatic heterocycles. The molecule has 0 fully saturated rings. The lowest BCUT2D eigenvalue weighted by Crippen LogP contribution is -2.43. The normalized spacial score (nSPS) is 13.7. The summed E-state index contributed by atoms with van der Waals surface area (Å²) in [5.74, 6) is 0.461. The molecule has 5 nitrogen and oxygen atoms in total. The van der Waals surface area contributed by atoms with Crippen LogP contribution in [0.25, 0.3) is 0 Å². The van der Waals surface area contributed by atoms with Gasteiger partial charge < -0.3 is 10.6 Å². The summed E-state index contributed by atoms with van der Waals surface area (Å²) < 4.78 is 36.8. The van der Waals surface area contributed by atoms with Crippen molar-refractivity contribution in [1.29, 1.82) is 0 Å². The van der Waals surface area contributed by atoms with E-state index in [0.29, 0.717) is 30.9 Å². The molecule has 0 bridgehead atoms. The van der Waals surface area contributed by atoms with Crippen molar-refractivity contribution >= 4 is 31.7 Å². The maximum Gasteiger partial charge on any atom is 0.191 e. The molecule has 0 saturated carbocycles. The molecule has 1 atom stereocenters. The summed E-state index contributed by atoms with van der Waals surface area (Å²) in [6.07, 6.45) is 2.24. The first-order valence-electron chi connectivity index (χ1n) is 7.30. The summed E-state index contributed by atoms with van der Waals surface area (Å²) in [5.41, 5.74) is 0.618. The molecule has 0 aliphatic rings. The molecule has 8 heteroatoms. The molecular formula is C15H23BrFN3O2S. The number of rotatable bonds is 7. The van der Waals surface area contributed by atoms with Gasteiger partial charge in [-0.25, -0.2) is 12.8 Å². The molecule has 0 aliphatic heterocycles. The Labute approximate surface area is 145 Å². The van der Waals surface area contributed by atoms with Crippen molar-refractivity contribution in [3.8, 4) is 0 Å². The Morgan fingerprint density at radius 2 is 2.13 bits per heavy atom. The summed E-state index contributed by atoms with van der Waals surface area (Å²) in [6, 6.07) is 4.82. The second-order valence-corrected chi connectivity index (χ2v) is 8.62. The molecule has 0 aliphatic carbocycles. The van der Waals surface area contributed by atoms with E-state index in [4.69, 9.17) is 0 Å². The van der Waals surface area contributed by atoms with E-state index in [1.54, 1.807) is 19.2 Å². The van der Waals surface area contributed by atoms with Crippen LogP contribution in [0.3, 0.4) is 0 Å². The first-order chi connectivity index (χ1) is 10.7. The van der Waals surface area contributed by atoms with Crippen molar-refractivity contribution in [2.24, 2.45) is 4.99 Å². The largest absolute Gasteiger partial charge is 0.356 e. The predicted molar refractivity (Wildman–Crippen MR) is 96.1 cm³/mol. The van der Waals surface area contributed by atoms with Crippen molar-refractivity contribution in [2.75, 3.05) is 25.6 Å². The van der Waals surface area contributed by atoms with Crippen molar-refractivity contribution in [1.82, 2.24) is 10.6 Å². The number of halogens is 2. The Balaban J connectivity index is 2.44. The fraction of sp³-hybridized carbons (Fsp3) is 0.533. The van der Waals surface area contributed by atoms with Crippen LogP contribution >= 0.6 is 15.9 Å². The van der Waals surface area contributed by atoms with Crippen LogP contribution in [0, 0.1) is 5.82 Å². The Morgan fingerprint density at radius 3 is 2.74 bits per heavy atom. The summed E-state index contributed by atoms with van der Waals surface area (Å²) in [7, 11) is -1.33. The van der Waals surface area contributed by atoms with E-state index < -0.39 is 9.84 Å². The van der Waals surface area contributed by atoms with Gasteiger partial charge in [-0.2, -0.15) is 0 Å². The van der Waals surface area contributed by atoms with Gasteiger partial charge in [0.2, 0.25) is 0 Å². The predicted octanol–water partition coefficient (Wildman–Crippen LogP) is 2.12. The average Bonchev–Trinajstić information content (AvgIpc) is 2.47. The molecule has 0 saturated heterocycles. The number of hydrogen-bond donors (Lipinski definition) is 2. The second kappa shape index (κ2) is 9.22. The van der Waals surface area contributed by atoms with Crippen LogP contribution in [0.4, 0.5) is 4.39 Å². The van der Waals surface area contributed by atoms with Crippen molar-refractivity contribution in [3.63, 3.8) is 0 Å². The van der Waals surface area contributed by atoms with Gasteiger partial charge in [-0.3, -0.25) is 4.99 Å². The number of guanidine groups is 1. The minimum Gasteiger partial charge on any atom is -0.356 e. The van der Waals surface area contributed by atoms with Gasteiger partial charge in [-0.05, 0) is 43.5 Å². The van der Waals surface area contributed by atoms with Gasteiger partial charge in [-0.15, -0.1) is 0 Å². The number of benzene rings is 1. The monoisotopic (exact) mass is 407 g/mol. The van der Waals surface area contributed by atoms with E-state index in [1.165, 1.54) is 12.3 Å². The maximum absolute atomic E-state index is 13.6. The van der Waals surface area contributed by atoms with Gasteiger partial charge in [0.05, 0.1) is 5.75 Å². The minimum absolute atomic E-state index is 0.0291. The van der Waals surface area contributed by atoms with Crippen molar-refractivity contribution in [3.05, 3.63) is 34.1 Å². The van der Waals surface area contributed by atoms with E-state index in [2.05, 4.69) is 31.6 Å². The SMILES string of the molecule is CN=C(NCCc1cc(Br)ccc1F)NC(C)CCS(C)(=O)=O. The van der Waals surface area contributed by atoms with Crippen LogP contribution in [0.15, 0.2) is 27.7 Å². The zero-order chi connectivity index (χ0) is 17.5. The van der Waals surface area contributed by atoms with Gasteiger partial charge in [0.25, 0.3) is 0 Å². The first-order valence-corrected chi connectivity index (χ1v) is 10.2. The minimum atomic E-state index is -2.97. The van der Waals surface area contributed by atoms with Gasteiger partial charge in [-0.1, -0.05) is 15.9 Å². The maximum atomic E-state index is 13.6. The summed E-state index contributed by atoms with van der Waals surface area (Å²) in [4.78, 5) is 4.09. The van der Waals surface area contributed by atoms with Crippen LogP contribution in [0.2, 0.25) is 0 Å². The van der Waals surface area contributed by atoms with E-state index in [-0.39, 0.29) is 17.6 Å². The Bertz CT molecular complexity index is 650. The number of nitrogens with zero attached hydrogens (tertiary/aromatic N) is 1. The average molecular weight is 408 g/mol. The van der Waals surface area contributed by atoms with E-state index >= 15 is 0 Å². The van der Waals surface area contributed by atoms with Crippen LogP contribution in [0.1, 0.15) is 18.9 Å². The van der Waals surface area contributed by atoms with Gasteiger partial charge >= 0.3 is 0 Å². The zero-order valence-electron chi connectivity index (χ0n) is 13.6. The van der Waals surface area contributed by atoms with Crippen molar-refractivity contribution < 1.29 is 12.8 Å². The summed E-state index contributed by atoms with van der Waals surface area (Å²) in [6.45, 7) is 2.41. The fourth-order valence-electron chi connectivity index (χ4n) is 1.94. The smallest absolute Gasteiger partial charge is 0.191 e. The third kappa shape index (κ3) is 8.31. The van der Waals surface area contributed by atoms with E-state index in [9.17, 15) is 12.8 Å². The molecule has 2 N–H and O–H groups in total. The molecule has 23 heavy (non-hydrogen) atoms. The molecule has 130 valence electrons. The second-order valence-electron chi connectivity index (χ2n) is 5.45. The van der Waals surface area contributed by atoms with E-state index in [0.717, 1.165) is 4.47 Å². The quantitative estimate of drug-likeness (QED) is 0.536. The van der Waals surface area contributed by atoms with E-state index in [1.807, 2.05) is 6.92 Å². The zero-order valence-corrected chi connectivity index (χ0v) is 16.0. The van der Waals surface area contributed by atoms with Crippen LogP contribution < -0.4 is 10.6 Å². The number of hydrogen-bond acceptors (Lipinski definition) is 3. The Morgan fingerprint density at radius 1 is 1.43 bits per heavy atom. The third-order valence-electron chi connectivity index (χ3n) is 3.22. The molecular weight excluding hydrogens is 385 g/mol. The molecule has 1 unspecified atom stereocenters. The summed E-state index contributed by atoms with van der Waals surface area (Å²) >= 11 is 3.32. The number of sulfone groups is 1. The summed E-state index contributed by atoms with van der Waals surface area (Å²) in [5, 5.41) is 6.22. The molecule has 0 spiro atoms. The third-order valence-corrected chi connectivity index (χ3v) is 4.69. The first kappa shape index (κ1) is 19.9. The van der Waals surface area contributed by atoms with Gasteiger partial charge in [0.1, 0.15) is 15.7 Å². The van der Waals surface area contributed by atoms with Gasteiger partial charge in [0.15, 0.2) is 5.96 Å². The molecule has 1 aromatic carbocycles. The highest BCUT2D eigenvalue weighted by Crippen LogP contribution is 2.15.